The molecule has 2 aromatic carbocycles. The smallest absolute Gasteiger partial charge is 0.295 e. The molecule has 176 valence electrons. The lowest BCUT2D eigenvalue weighted by molar-refractivity contribution is -0.140. The Kier molecular flexibility index (Phi) is 7.76. The third-order valence-electron chi connectivity index (χ3n) is 6.23. The minimum atomic E-state index is -0.685. The Morgan fingerprint density at radius 2 is 1.70 bits per heavy atom. The van der Waals surface area contributed by atoms with Crippen molar-refractivity contribution in [3.63, 3.8) is 0 Å². The molecule has 7 heteroatoms. The molecule has 1 unspecified atom stereocenters. The second-order valence-electron chi connectivity index (χ2n) is 7.95. The van der Waals surface area contributed by atoms with Crippen LogP contribution in [0.3, 0.4) is 0 Å². The largest absolute Gasteiger partial charge is 0.507 e. The highest BCUT2D eigenvalue weighted by atomic mass is 16.5. The van der Waals surface area contributed by atoms with Gasteiger partial charge in [0.15, 0.2) is 11.5 Å². The molecule has 1 N–H and O–H groups in total. The molecule has 0 saturated carbocycles. The van der Waals surface area contributed by atoms with Gasteiger partial charge in [-0.3, -0.25) is 9.59 Å². The fraction of sp³-hybridized carbons (Fsp3) is 0.385. The van der Waals surface area contributed by atoms with Gasteiger partial charge in [-0.25, -0.2) is 0 Å². The van der Waals surface area contributed by atoms with Gasteiger partial charge in [-0.15, -0.1) is 0 Å². The third kappa shape index (κ3) is 4.73. The predicted octanol–water partition coefficient (Wildman–Crippen LogP) is 3.78. The number of ketones is 1. The van der Waals surface area contributed by atoms with E-state index in [1.165, 1.54) is 14.2 Å². The normalized spacial score (nSPS) is 17.6. The Morgan fingerprint density at radius 3 is 2.30 bits per heavy atom. The molecule has 2 aromatic rings. The van der Waals surface area contributed by atoms with Crippen molar-refractivity contribution in [3.05, 3.63) is 64.7 Å². The van der Waals surface area contributed by atoms with Gasteiger partial charge < -0.3 is 24.4 Å². The van der Waals surface area contributed by atoms with Gasteiger partial charge in [-0.05, 0) is 49.3 Å². The van der Waals surface area contributed by atoms with Crippen LogP contribution in [0.2, 0.25) is 0 Å². The minimum Gasteiger partial charge on any atom is -0.507 e. The number of nitrogens with zero attached hydrogens (tertiary/aromatic N) is 2. The minimum absolute atomic E-state index is 0.0843. The van der Waals surface area contributed by atoms with Gasteiger partial charge in [0, 0.05) is 18.7 Å². The molecule has 1 fully saturated rings. The van der Waals surface area contributed by atoms with Gasteiger partial charge in [0.2, 0.25) is 0 Å². The second-order valence-corrected chi connectivity index (χ2v) is 7.95. The van der Waals surface area contributed by atoms with Crippen molar-refractivity contribution in [2.24, 2.45) is 0 Å². The highest BCUT2D eigenvalue weighted by Crippen LogP contribution is 2.41. The van der Waals surface area contributed by atoms with Crippen LogP contribution >= 0.6 is 0 Å². The van der Waals surface area contributed by atoms with Crippen molar-refractivity contribution in [2.45, 2.75) is 26.8 Å². The van der Waals surface area contributed by atoms with Crippen LogP contribution in [-0.2, 0) is 9.59 Å². The van der Waals surface area contributed by atoms with E-state index in [0.29, 0.717) is 30.2 Å². The first kappa shape index (κ1) is 24.3. The van der Waals surface area contributed by atoms with Gasteiger partial charge in [0.1, 0.15) is 5.76 Å². The number of rotatable bonds is 9. The fourth-order valence-electron chi connectivity index (χ4n) is 4.26. The molecule has 33 heavy (non-hydrogen) atoms. The summed E-state index contributed by atoms with van der Waals surface area (Å²) >= 11 is 0. The molecule has 0 aliphatic carbocycles. The summed E-state index contributed by atoms with van der Waals surface area (Å²) < 4.78 is 10.6. The number of likely N-dealkylation sites (tertiary alicyclic amines) is 1. The summed E-state index contributed by atoms with van der Waals surface area (Å²) in [5.74, 6) is -0.589. The van der Waals surface area contributed by atoms with E-state index in [1.807, 2.05) is 31.2 Å². The van der Waals surface area contributed by atoms with E-state index in [-0.39, 0.29) is 11.3 Å². The van der Waals surface area contributed by atoms with Crippen molar-refractivity contribution < 1.29 is 24.2 Å². The summed E-state index contributed by atoms with van der Waals surface area (Å²) in [5, 5.41) is 11.3. The Balaban J connectivity index is 2.14. The summed E-state index contributed by atoms with van der Waals surface area (Å²) in [4.78, 5) is 30.1. The number of methoxy groups -OCH3 is 2. The van der Waals surface area contributed by atoms with Gasteiger partial charge >= 0.3 is 0 Å². The maximum absolute atomic E-state index is 13.2. The van der Waals surface area contributed by atoms with Crippen molar-refractivity contribution in [1.82, 2.24) is 9.80 Å². The van der Waals surface area contributed by atoms with Crippen LogP contribution in [0.4, 0.5) is 0 Å². The standard InChI is InChI=1S/C26H32N2O5/c1-6-27(7-2)14-15-28-23(19-11-9-8-10-17(19)3)22(25(30)26(28)31)24(29)18-12-13-20(32-4)21(16-18)33-5/h8-13,16,23,29H,6-7,14-15H2,1-5H3/b24-22+. The van der Waals surface area contributed by atoms with Gasteiger partial charge in [0.25, 0.3) is 11.7 Å². The summed E-state index contributed by atoms with van der Waals surface area (Å²) in [6.07, 6.45) is 0. The first-order valence-electron chi connectivity index (χ1n) is 11.2. The number of aliphatic hydroxyl groups excluding tert-OH is 1. The molecule has 0 bridgehead atoms. The number of ether oxygens (including phenoxy) is 2. The monoisotopic (exact) mass is 452 g/mol. The van der Waals surface area contributed by atoms with E-state index in [0.717, 1.165) is 24.2 Å². The fourth-order valence-corrected chi connectivity index (χ4v) is 4.26. The molecule has 1 heterocycles. The van der Waals surface area contributed by atoms with Crippen molar-refractivity contribution in [2.75, 3.05) is 40.4 Å². The number of carbonyl (C=O) groups excluding carboxylic acids is 2. The lowest BCUT2D eigenvalue weighted by atomic mass is 9.92. The maximum atomic E-state index is 13.2. The molecule has 7 nitrogen and oxygen atoms in total. The maximum Gasteiger partial charge on any atom is 0.295 e. The average Bonchev–Trinajstić information content (AvgIpc) is 3.08. The summed E-state index contributed by atoms with van der Waals surface area (Å²) in [6.45, 7) is 8.78. The molecule has 1 atom stereocenters. The van der Waals surface area contributed by atoms with Crippen LogP contribution < -0.4 is 9.47 Å². The van der Waals surface area contributed by atoms with Crippen LogP contribution in [0, 0.1) is 6.92 Å². The highest BCUT2D eigenvalue weighted by molar-refractivity contribution is 6.46. The van der Waals surface area contributed by atoms with Crippen molar-refractivity contribution in [3.8, 4) is 11.5 Å². The number of Topliss-reactive ketones (excluding diaryl/α,β-unsaturated/α-hetero) is 1. The lowest BCUT2D eigenvalue weighted by Crippen LogP contribution is -2.38. The summed E-state index contributed by atoms with van der Waals surface area (Å²) in [6, 6.07) is 11.9. The summed E-state index contributed by atoms with van der Waals surface area (Å²) in [7, 11) is 3.03. The molecular formula is C26H32N2O5. The van der Waals surface area contributed by atoms with Crippen LogP contribution in [0.25, 0.3) is 5.76 Å². The molecule has 0 radical (unpaired) electrons. The Hall–Kier alpha value is -3.32. The van der Waals surface area contributed by atoms with Gasteiger partial charge in [-0.2, -0.15) is 0 Å². The molecular weight excluding hydrogens is 420 g/mol. The van der Waals surface area contributed by atoms with E-state index < -0.39 is 17.7 Å². The first-order valence-corrected chi connectivity index (χ1v) is 11.2. The van der Waals surface area contributed by atoms with E-state index in [9.17, 15) is 14.7 Å². The number of aliphatic hydroxyl groups is 1. The molecule has 1 aliphatic heterocycles. The van der Waals surface area contributed by atoms with E-state index >= 15 is 0 Å². The number of benzene rings is 2. The predicted molar refractivity (Wildman–Crippen MR) is 128 cm³/mol. The van der Waals surface area contributed by atoms with E-state index in [2.05, 4.69) is 18.7 Å². The Bertz CT molecular complexity index is 1060. The topological polar surface area (TPSA) is 79.3 Å². The Labute approximate surface area is 195 Å². The molecule has 0 aromatic heterocycles. The van der Waals surface area contributed by atoms with Crippen LogP contribution in [0.15, 0.2) is 48.0 Å². The molecule has 1 aliphatic rings. The second kappa shape index (κ2) is 10.5. The zero-order valence-corrected chi connectivity index (χ0v) is 19.9. The van der Waals surface area contributed by atoms with E-state index in [4.69, 9.17) is 9.47 Å². The quantitative estimate of drug-likeness (QED) is 0.354. The van der Waals surface area contributed by atoms with Crippen LogP contribution in [-0.4, -0.2) is 67.0 Å². The molecule has 3 rings (SSSR count). The zero-order valence-electron chi connectivity index (χ0n) is 19.9. The number of carbonyl (C=O) groups is 2. The zero-order chi connectivity index (χ0) is 24.1. The highest BCUT2D eigenvalue weighted by Gasteiger charge is 2.46. The lowest BCUT2D eigenvalue weighted by Gasteiger charge is -2.29. The number of hydrogen-bond acceptors (Lipinski definition) is 6. The number of likely N-dealkylation sites (N-methyl/N-ethyl adjacent to an activating group) is 1. The number of aryl methyl sites for hydroxylation is 1. The third-order valence-corrected chi connectivity index (χ3v) is 6.23. The Morgan fingerprint density at radius 1 is 1.03 bits per heavy atom. The van der Waals surface area contributed by atoms with Crippen molar-refractivity contribution >= 4 is 17.4 Å². The number of amides is 1. The summed E-state index contributed by atoms with van der Waals surface area (Å²) in [5.41, 5.74) is 2.22. The van der Waals surface area contributed by atoms with Crippen LogP contribution in [0.1, 0.15) is 36.6 Å². The average molecular weight is 453 g/mol. The SMILES string of the molecule is CCN(CC)CCN1C(=O)C(=O)/C(=C(/O)c2ccc(OC)c(OC)c2)C1c1ccccc1C. The van der Waals surface area contributed by atoms with Crippen molar-refractivity contribution in [1.29, 1.82) is 0 Å². The van der Waals surface area contributed by atoms with Crippen LogP contribution in [0.5, 0.6) is 11.5 Å². The first-order chi connectivity index (χ1) is 15.9. The molecule has 1 amide bonds. The van der Waals surface area contributed by atoms with Gasteiger partial charge in [-0.1, -0.05) is 38.1 Å². The molecule has 0 spiro atoms. The van der Waals surface area contributed by atoms with Gasteiger partial charge in [0.05, 0.1) is 25.8 Å². The molecule has 1 saturated heterocycles. The number of hydrogen-bond donors (Lipinski definition) is 1. The van der Waals surface area contributed by atoms with E-state index in [1.54, 1.807) is 23.1 Å².